The number of aromatic nitrogens is 4. The van der Waals surface area contributed by atoms with Gasteiger partial charge in [-0.3, -0.25) is 0 Å². The lowest BCUT2D eigenvalue weighted by Gasteiger charge is -2.09. The van der Waals surface area contributed by atoms with Crippen molar-refractivity contribution < 1.29 is 0 Å². The molecule has 1 heterocycles. The fourth-order valence-electron chi connectivity index (χ4n) is 2.19. The Labute approximate surface area is 126 Å². The summed E-state index contributed by atoms with van der Waals surface area (Å²) in [7, 11) is 0. The number of nitrogen functional groups attached to an aromatic ring is 2. The summed E-state index contributed by atoms with van der Waals surface area (Å²) in [6.45, 7) is 1.94. The largest absolute Gasteiger partial charge is 0.399 e. The molecule has 0 amide bonds. The number of nitrogens with two attached hydrogens (primary N) is 2. The first-order chi connectivity index (χ1) is 10.0. The van der Waals surface area contributed by atoms with E-state index in [9.17, 15) is 0 Å². The molecule has 106 valence electrons. The molecule has 0 aliphatic heterocycles. The highest BCUT2D eigenvalue weighted by Crippen LogP contribution is 2.26. The van der Waals surface area contributed by atoms with Crippen molar-refractivity contribution >= 4 is 23.0 Å². The molecule has 7 heteroatoms. The molecule has 1 aromatic heterocycles. The van der Waals surface area contributed by atoms with Crippen molar-refractivity contribution in [2.45, 2.75) is 6.92 Å². The van der Waals surface area contributed by atoms with Crippen LogP contribution >= 0.6 is 11.6 Å². The third-order valence-corrected chi connectivity index (χ3v) is 3.33. The molecule has 0 spiro atoms. The molecule has 0 fully saturated rings. The predicted molar refractivity (Wildman–Crippen MR) is 83.2 cm³/mol. The van der Waals surface area contributed by atoms with Crippen molar-refractivity contribution in [3.63, 3.8) is 0 Å². The number of nitrogens with zero attached hydrogens (tertiary/aromatic N) is 4. The molecule has 0 atom stereocenters. The maximum atomic E-state index is 5.98. The van der Waals surface area contributed by atoms with E-state index in [-0.39, 0.29) is 0 Å². The van der Waals surface area contributed by atoms with Gasteiger partial charge in [-0.25, -0.2) is 0 Å². The van der Waals surface area contributed by atoms with Gasteiger partial charge in [-0.1, -0.05) is 11.6 Å². The highest BCUT2D eigenvalue weighted by Gasteiger charge is 2.13. The quantitative estimate of drug-likeness (QED) is 0.709. The first-order valence-corrected chi connectivity index (χ1v) is 6.64. The van der Waals surface area contributed by atoms with E-state index in [0.29, 0.717) is 22.2 Å². The minimum absolute atomic E-state index is 0.562. The lowest BCUT2D eigenvalue weighted by atomic mass is 10.1. The van der Waals surface area contributed by atoms with Gasteiger partial charge in [-0.2, -0.15) is 4.68 Å². The molecule has 4 N–H and O–H groups in total. The van der Waals surface area contributed by atoms with Crippen LogP contribution in [0.2, 0.25) is 5.02 Å². The second kappa shape index (κ2) is 5.06. The van der Waals surface area contributed by atoms with Gasteiger partial charge in [0.05, 0.1) is 5.69 Å². The van der Waals surface area contributed by atoms with E-state index in [0.717, 1.165) is 16.8 Å². The van der Waals surface area contributed by atoms with Gasteiger partial charge in [-0.05, 0) is 59.3 Å². The molecule has 0 radical (unpaired) electrons. The minimum Gasteiger partial charge on any atom is -0.399 e. The maximum Gasteiger partial charge on any atom is 0.187 e. The fraction of sp³-hybridized carbons (Fsp3) is 0.0714. The molecule has 6 nitrogen and oxygen atoms in total. The van der Waals surface area contributed by atoms with E-state index >= 15 is 0 Å². The molecular formula is C14H13ClN6. The van der Waals surface area contributed by atoms with Crippen molar-refractivity contribution in [3.05, 3.63) is 47.0 Å². The standard InChI is InChI=1S/C14H13ClN6/c1-8-4-10(15)2-3-13(8)21-14(18-19-20-21)9-5-11(16)7-12(17)6-9/h2-7H,16-17H2,1H3. The van der Waals surface area contributed by atoms with Crippen LogP contribution in [0.1, 0.15) is 5.56 Å². The van der Waals surface area contributed by atoms with E-state index in [1.54, 1.807) is 28.9 Å². The van der Waals surface area contributed by atoms with Crippen LogP contribution in [-0.4, -0.2) is 20.2 Å². The van der Waals surface area contributed by atoms with E-state index in [4.69, 9.17) is 23.1 Å². The van der Waals surface area contributed by atoms with Gasteiger partial charge in [0.1, 0.15) is 0 Å². The molecule has 2 aromatic carbocycles. The predicted octanol–water partition coefficient (Wildman–Crippen LogP) is 2.46. The summed E-state index contributed by atoms with van der Waals surface area (Å²) >= 11 is 5.98. The number of halogens is 1. The number of benzene rings is 2. The van der Waals surface area contributed by atoms with Crippen molar-refractivity contribution in [2.75, 3.05) is 11.5 Å². The summed E-state index contributed by atoms with van der Waals surface area (Å²) in [5.74, 6) is 0.569. The molecule has 0 unspecified atom stereocenters. The van der Waals surface area contributed by atoms with Crippen LogP contribution in [0.5, 0.6) is 0 Å². The van der Waals surface area contributed by atoms with Crippen molar-refractivity contribution in [1.82, 2.24) is 20.2 Å². The maximum absolute atomic E-state index is 5.98. The zero-order valence-electron chi connectivity index (χ0n) is 11.3. The number of rotatable bonds is 2. The van der Waals surface area contributed by atoms with E-state index < -0.39 is 0 Å². The molecule has 0 bridgehead atoms. The zero-order chi connectivity index (χ0) is 15.0. The second-order valence-corrected chi connectivity index (χ2v) is 5.17. The number of tetrazole rings is 1. The van der Waals surface area contributed by atoms with Gasteiger partial charge in [0.2, 0.25) is 0 Å². The molecule has 0 aliphatic rings. The molecule has 3 rings (SSSR count). The lowest BCUT2D eigenvalue weighted by Crippen LogP contribution is -2.03. The van der Waals surface area contributed by atoms with E-state index in [1.165, 1.54) is 0 Å². The number of hydrogen-bond donors (Lipinski definition) is 2. The van der Waals surface area contributed by atoms with Crippen LogP contribution in [0, 0.1) is 6.92 Å². The van der Waals surface area contributed by atoms with Crippen molar-refractivity contribution in [2.24, 2.45) is 0 Å². The highest BCUT2D eigenvalue weighted by molar-refractivity contribution is 6.30. The Morgan fingerprint density at radius 1 is 1.05 bits per heavy atom. The SMILES string of the molecule is Cc1cc(Cl)ccc1-n1nnnc1-c1cc(N)cc(N)c1. The van der Waals surface area contributed by atoms with Crippen molar-refractivity contribution in [3.8, 4) is 17.1 Å². The summed E-state index contributed by atoms with van der Waals surface area (Å²) in [6.07, 6.45) is 0. The van der Waals surface area contributed by atoms with Gasteiger partial charge in [0.15, 0.2) is 5.82 Å². The minimum atomic E-state index is 0.562. The van der Waals surface area contributed by atoms with Crippen LogP contribution in [-0.2, 0) is 0 Å². The fourth-order valence-corrected chi connectivity index (χ4v) is 2.42. The Balaban J connectivity index is 2.17. The van der Waals surface area contributed by atoms with Gasteiger partial charge in [0, 0.05) is 22.0 Å². The Hall–Kier alpha value is -2.60. The summed E-state index contributed by atoms with van der Waals surface area (Å²) in [5.41, 5.74) is 15.4. The molecule has 3 aromatic rings. The number of hydrogen-bond acceptors (Lipinski definition) is 5. The summed E-state index contributed by atoms with van der Waals surface area (Å²) in [5, 5.41) is 12.5. The molecular weight excluding hydrogens is 288 g/mol. The second-order valence-electron chi connectivity index (χ2n) is 4.73. The smallest absolute Gasteiger partial charge is 0.187 e. The highest BCUT2D eigenvalue weighted by atomic mass is 35.5. The van der Waals surface area contributed by atoms with Crippen molar-refractivity contribution in [1.29, 1.82) is 0 Å². The third-order valence-electron chi connectivity index (χ3n) is 3.09. The summed E-state index contributed by atoms with van der Waals surface area (Å²) in [6, 6.07) is 10.8. The van der Waals surface area contributed by atoms with E-state index in [1.807, 2.05) is 19.1 Å². The summed E-state index contributed by atoms with van der Waals surface area (Å²) in [4.78, 5) is 0. The zero-order valence-corrected chi connectivity index (χ0v) is 12.0. The molecule has 0 aliphatic carbocycles. The lowest BCUT2D eigenvalue weighted by molar-refractivity contribution is 0.787. The summed E-state index contributed by atoms with van der Waals surface area (Å²) < 4.78 is 1.64. The van der Waals surface area contributed by atoms with E-state index in [2.05, 4.69) is 15.5 Å². The Kier molecular flexibility index (Phi) is 3.23. The Bertz CT molecular complexity index is 791. The van der Waals surface area contributed by atoms with Crippen LogP contribution in [0.15, 0.2) is 36.4 Å². The third kappa shape index (κ3) is 2.53. The van der Waals surface area contributed by atoms with Gasteiger partial charge in [0.25, 0.3) is 0 Å². The number of aryl methyl sites for hydroxylation is 1. The van der Waals surface area contributed by atoms with Gasteiger partial charge in [-0.15, -0.1) is 5.10 Å². The Morgan fingerprint density at radius 3 is 2.43 bits per heavy atom. The number of anilines is 2. The molecule has 0 saturated carbocycles. The monoisotopic (exact) mass is 300 g/mol. The average Bonchev–Trinajstić information content (AvgIpc) is 2.86. The average molecular weight is 301 g/mol. The van der Waals surface area contributed by atoms with Gasteiger partial charge >= 0.3 is 0 Å². The van der Waals surface area contributed by atoms with Gasteiger partial charge < -0.3 is 11.5 Å². The molecule has 21 heavy (non-hydrogen) atoms. The van der Waals surface area contributed by atoms with Crippen LogP contribution in [0.3, 0.4) is 0 Å². The molecule has 0 saturated heterocycles. The first kappa shape index (κ1) is 13.4. The Morgan fingerprint density at radius 2 is 1.76 bits per heavy atom. The van der Waals surface area contributed by atoms with Crippen LogP contribution in [0.25, 0.3) is 17.1 Å². The van der Waals surface area contributed by atoms with Crippen LogP contribution in [0.4, 0.5) is 11.4 Å². The van der Waals surface area contributed by atoms with Crippen LogP contribution < -0.4 is 11.5 Å². The normalized spacial score (nSPS) is 10.8. The first-order valence-electron chi connectivity index (χ1n) is 6.26. The topological polar surface area (TPSA) is 95.6 Å².